The Bertz CT molecular complexity index is 762. The standard InChI is InChI=1S/C22H25NO2/c1-5-6-18(11-16(2)24)12-19-14-20(22(25)15-19)13-17-7-9-21(10-8-17)23(3)4/h5-10,12-13H,1,11,14-15H2,2-4H3/b18-6-,19-12-,20-13+. The molecule has 0 aliphatic heterocycles. The van der Waals surface area contributed by atoms with E-state index >= 15 is 0 Å². The summed E-state index contributed by atoms with van der Waals surface area (Å²) in [7, 11) is 4.00. The Morgan fingerprint density at radius 3 is 2.44 bits per heavy atom. The Labute approximate surface area is 150 Å². The molecule has 2 rings (SSSR count). The van der Waals surface area contributed by atoms with E-state index in [9.17, 15) is 9.59 Å². The van der Waals surface area contributed by atoms with Gasteiger partial charge in [-0.05, 0) is 42.7 Å². The maximum atomic E-state index is 12.3. The van der Waals surface area contributed by atoms with Gasteiger partial charge < -0.3 is 4.90 Å². The van der Waals surface area contributed by atoms with Crippen molar-refractivity contribution in [3.63, 3.8) is 0 Å². The van der Waals surface area contributed by atoms with Gasteiger partial charge in [0.05, 0.1) is 0 Å². The summed E-state index contributed by atoms with van der Waals surface area (Å²) in [4.78, 5) is 25.7. The molecule has 1 aliphatic carbocycles. The van der Waals surface area contributed by atoms with Gasteiger partial charge in [-0.3, -0.25) is 9.59 Å². The lowest BCUT2D eigenvalue weighted by atomic mass is 10.0. The van der Waals surface area contributed by atoms with Crippen LogP contribution in [0.1, 0.15) is 31.7 Å². The first-order valence-corrected chi connectivity index (χ1v) is 8.40. The topological polar surface area (TPSA) is 37.4 Å². The normalized spacial score (nSPS) is 18.0. The maximum absolute atomic E-state index is 12.3. The van der Waals surface area contributed by atoms with Gasteiger partial charge in [-0.1, -0.05) is 42.5 Å². The number of allylic oxidation sites excluding steroid dienone is 6. The van der Waals surface area contributed by atoms with E-state index in [1.807, 2.05) is 61.5 Å². The molecule has 0 atom stereocenters. The van der Waals surface area contributed by atoms with E-state index in [-0.39, 0.29) is 11.6 Å². The fourth-order valence-corrected chi connectivity index (χ4v) is 2.89. The van der Waals surface area contributed by atoms with Crippen LogP contribution in [0, 0.1) is 0 Å². The Balaban J connectivity index is 2.18. The minimum absolute atomic E-state index is 0.103. The summed E-state index contributed by atoms with van der Waals surface area (Å²) in [5, 5.41) is 0. The van der Waals surface area contributed by atoms with Gasteiger partial charge in [-0.2, -0.15) is 0 Å². The lowest BCUT2D eigenvalue weighted by Gasteiger charge is -2.11. The van der Waals surface area contributed by atoms with Crippen LogP contribution in [-0.4, -0.2) is 25.7 Å². The molecule has 0 spiro atoms. The molecule has 1 aromatic carbocycles. The van der Waals surface area contributed by atoms with E-state index in [0.717, 1.165) is 28.0 Å². The predicted octanol–water partition coefficient (Wildman–Crippen LogP) is 4.52. The van der Waals surface area contributed by atoms with Crippen molar-refractivity contribution in [3.05, 3.63) is 71.4 Å². The molecule has 3 heteroatoms. The number of nitrogens with zero attached hydrogens (tertiary/aromatic N) is 1. The zero-order valence-electron chi connectivity index (χ0n) is 15.2. The van der Waals surface area contributed by atoms with Crippen LogP contribution in [0.5, 0.6) is 0 Å². The fraction of sp³-hybridized carbons (Fsp3) is 0.273. The van der Waals surface area contributed by atoms with E-state index in [0.29, 0.717) is 19.3 Å². The van der Waals surface area contributed by atoms with Gasteiger partial charge in [0, 0.05) is 38.2 Å². The molecule has 0 bridgehead atoms. The molecule has 0 amide bonds. The van der Waals surface area contributed by atoms with Gasteiger partial charge in [-0.15, -0.1) is 0 Å². The molecule has 0 aromatic heterocycles. The van der Waals surface area contributed by atoms with Crippen LogP contribution < -0.4 is 4.90 Å². The molecule has 0 heterocycles. The molecular formula is C22H25NO2. The number of benzene rings is 1. The van der Waals surface area contributed by atoms with E-state index in [2.05, 4.69) is 6.58 Å². The summed E-state index contributed by atoms with van der Waals surface area (Å²) in [6.07, 6.45) is 8.88. The smallest absolute Gasteiger partial charge is 0.163 e. The first kappa shape index (κ1) is 18.7. The van der Waals surface area contributed by atoms with Crippen LogP contribution in [0.3, 0.4) is 0 Å². The van der Waals surface area contributed by atoms with Crippen molar-refractivity contribution in [1.82, 2.24) is 0 Å². The molecule has 130 valence electrons. The Kier molecular flexibility index (Phi) is 6.29. The largest absolute Gasteiger partial charge is 0.378 e. The number of ketones is 2. The Morgan fingerprint density at radius 1 is 1.20 bits per heavy atom. The highest BCUT2D eigenvalue weighted by Crippen LogP contribution is 2.30. The van der Waals surface area contributed by atoms with Crippen molar-refractivity contribution < 1.29 is 9.59 Å². The highest BCUT2D eigenvalue weighted by Gasteiger charge is 2.22. The predicted molar refractivity (Wildman–Crippen MR) is 105 cm³/mol. The van der Waals surface area contributed by atoms with Crippen LogP contribution in [-0.2, 0) is 9.59 Å². The number of hydrogen-bond acceptors (Lipinski definition) is 3. The molecule has 3 nitrogen and oxygen atoms in total. The second-order valence-electron chi connectivity index (χ2n) is 6.59. The number of rotatable bonds is 6. The first-order chi connectivity index (χ1) is 11.9. The summed E-state index contributed by atoms with van der Waals surface area (Å²) < 4.78 is 0. The van der Waals surface area contributed by atoms with Crippen molar-refractivity contribution >= 4 is 23.3 Å². The van der Waals surface area contributed by atoms with E-state index in [4.69, 9.17) is 0 Å². The van der Waals surface area contributed by atoms with Crippen molar-refractivity contribution in [1.29, 1.82) is 0 Å². The van der Waals surface area contributed by atoms with Crippen molar-refractivity contribution in [2.45, 2.75) is 26.2 Å². The summed E-state index contributed by atoms with van der Waals surface area (Å²) in [6.45, 7) is 5.26. The van der Waals surface area contributed by atoms with Crippen LogP contribution >= 0.6 is 0 Å². The van der Waals surface area contributed by atoms with Crippen LogP contribution in [0.2, 0.25) is 0 Å². The average molecular weight is 335 g/mol. The van der Waals surface area contributed by atoms with Crippen molar-refractivity contribution in [3.8, 4) is 0 Å². The quantitative estimate of drug-likeness (QED) is 0.567. The van der Waals surface area contributed by atoms with Gasteiger partial charge in [0.25, 0.3) is 0 Å². The molecule has 1 aromatic rings. The molecule has 1 fully saturated rings. The molecule has 0 N–H and O–H groups in total. The SMILES string of the molecule is C=C/C=C(\C=C1/CC(=O)/C(=C/c2ccc(N(C)C)cc2)C1)CC(C)=O. The van der Waals surface area contributed by atoms with Crippen molar-refractivity contribution in [2.24, 2.45) is 0 Å². The third kappa shape index (κ3) is 5.42. The van der Waals surface area contributed by atoms with Gasteiger partial charge >= 0.3 is 0 Å². The van der Waals surface area contributed by atoms with E-state index < -0.39 is 0 Å². The lowest BCUT2D eigenvalue weighted by molar-refractivity contribution is -0.116. The molecule has 1 saturated carbocycles. The van der Waals surface area contributed by atoms with Gasteiger partial charge in [0.1, 0.15) is 5.78 Å². The zero-order chi connectivity index (χ0) is 18.4. The van der Waals surface area contributed by atoms with Crippen LogP contribution in [0.25, 0.3) is 6.08 Å². The second kappa shape index (κ2) is 8.43. The van der Waals surface area contributed by atoms with Crippen LogP contribution in [0.15, 0.2) is 65.8 Å². The highest BCUT2D eigenvalue weighted by molar-refractivity contribution is 6.04. The second-order valence-corrected chi connectivity index (χ2v) is 6.59. The molecule has 1 aliphatic rings. The zero-order valence-corrected chi connectivity index (χ0v) is 15.2. The van der Waals surface area contributed by atoms with Gasteiger partial charge in [0.15, 0.2) is 5.78 Å². The van der Waals surface area contributed by atoms with Gasteiger partial charge in [0.2, 0.25) is 0 Å². The number of hydrogen-bond donors (Lipinski definition) is 0. The first-order valence-electron chi connectivity index (χ1n) is 8.40. The molecule has 0 saturated heterocycles. The van der Waals surface area contributed by atoms with Gasteiger partial charge in [-0.25, -0.2) is 0 Å². The molecule has 25 heavy (non-hydrogen) atoms. The third-order valence-corrected chi connectivity index (χ3v) is 4.09. The molecule has 0 radical (unpaired) electrons. The third-order valence-electron chi connectivity index (χ3n) is 4.09. The van der Waals surface area contributed by atoms with Crippen LogP contribution in [0.4, 0.5) is 5.69 Å². The molecular weight excluding hydrogens is 310 g/mol. The number of Topliss-reactive ketones (excluding diaryl/α,β-unsaturated/α-hetero) is 2. The Morgan fingerprint density at radius 2 is 1.88 bits per heavy atom. The summed E-state index contributed by atoms with van der Waals surface area (Å²) in [5.74, 6) is 0.259. The Hall–Kier alpha value is -2.68. The minimum Gasteiger partial charge on any atom is -0.378 e. The average Bonchev–Trinajstić information content (AvgIpc) is 2.87. The lowest BCUT2D eigenvalue weighted by Crippen LogP contribution is -2.07. The molecule has 0 unspecified atom stereocenters. The number of carbonyl (C=O) groups excluding carboxylic acids is 2. The number of anilines is 1. The number of carbonyl (C=O) groups is 2. The fourth-order valence-electron chi connectivity index (χ4n) is 2.89. The monoisotopic (exact) mass is 335 g/mol. The van der Waals surface area contributed by atoms with Crippen molar-refractivity contribution in [2.75, 3.05) is 19.0 Å². The summed E-state index contributed by atoms with van der Waals surface area (Å²) in [5.41, 5.74) is 4.94. The summed E-state index contributed by atoms with van der Waals surface area (Å²) >= 11 is 0. The maximum Gasteiger partial charge on any atom is 0.163 e. The van der Waals surface area contributed by atoms with E-state index in [1.54, 1.807) is 13.0 Å². The summed E-state index contributed by atoms with van der Waals surface area (Å²) in [6, 6.07) is 8.13. The van der Waals surface area contributed by atoms with E-state index in [1.165, 1.54) is 0 Å². The highest BCUT2D eigenvalue weighted by atomic mass is 16.1. The minimum atomic E-state index is 0.103.